The van der Waals surface area contributed by atoms with Gasteiger partial charge in [-0.1, -0.05) is 74.8 Å². The topological polar surface area (TPSA) is 69.4 Å². The highest BCUT2D eigenvalue weighted by atomic mass is 79.9. The second-order valence-corrected chi connectivity index (χ2v) is 17.1. The Morgan fingerprint density at radius 3 is 2.29 bits per heavy atom. The van der Waals surface area contributed by atoms with E-state index in [-0.39, 0.29) is 28.1 Å². The summed E-state index contributed by atoms with van der Waals surface area (Å²) in [5.74, 6) is 7.63. The molecule has 1 aromatic rings. The maximum atomic E-state index is 14.1. The number of hydrogen-bond donors (Lipinski definition) is 1. The first-order valence-electron chi connectivity index (χ1n) is 16.2. The molecule has 5 heteroatoms. The summed E-state index contributed by atoms with van der Waals surface area (Å²) >= 11 is 3.55. The van der Waals surface area contributed by atoms with E-state index in [9.17, 15) is 9.59 Å². The maximum Gasteiger partial charge on any atom is 0.330 e. The Labute approximate surface area is 261 Å². The van der Waals surface area contributed by atoms with E-state index in [0.717, 1.165) is 73.4 Å². The van der Waals surface area contributed by atoms with Gasteiger partial charge < -0.3 is 4.84 Å². The quantitative estimate of drug-likeness (QED) is 0.204. The Morgan fingerprint density at radius 1 is 0.952 bits per heavy atom. The zero-order valence-electron chi connectivity index (χ0n) is 26.5. The fourth-order valence-electron chi connectivity index (χ4n) is 12.4. The van der Waals surface area contributed by atoms with Gasteiger partial charge in [0, 0.05) is 9.89 Å². The summed E-state index contributed by atoms with van der Waals surface area (Å²) in [5, 5.41) is 0. The summed E-state index contributed by atoms with van der Waals surface area (Å²) < 4.78 is 1.05. The highest BCUT2D eigenvalue weighted by Gasteiger charge is 2.72. The lowest BCUT2D eigenvalue weighted by atomic mass is 9.32. The first kappa shape index (κ1) is 30.3. The van der Waals surface area contributed by atoms with Gasteiger partial charge in [0.15, 0.2) is 5.78 Å². The van der Waals surface area contributed by atoms with Gasteiger partial charge in [-0.3, -0.25) is 4.79 Å². The predicted molar refractivity (Wildman–Crippen MR) is 172 cm³/mol. The number of Topliss-reactive ketones (excluding diaryl/α,β-unsaturated/α-hetero) is 1. The van der Waals surface area contributed by atoms with E-state index in [0.29, 0.717) is 29.5 Å². The molecule has 5 aliphatic carbocycles. The van der Waals surface area contributed by atoms with Gasteiger partial charge in [-0.25, -0.2) is 4.79 Å². The van der Waals surface area contributed by atoms with Crippen LogP contribution in [0.15, 0.2) is 46.5 Å². The van der Waals surface area contributed by atoms with Gasteiger partial charge in [0.2, 0.25) is 0 Å². The van der Waals surface area contributed by atoms with Crippen molar-refractivity contribution in [1.29, 1.82) is 0 Å². The Hall–Kier alpha value is -1.72. The zero-order chi connectivity index (χ0) is 30.5. The molecule has 6 rings (SSSR count). The van der Waals surface area contributed by atoms with E-state index in [1.165, 1.54) is 5.57 Å². The van der Waals surface area contributed by atoms with Crippen LogP contribution >= 0.6 is 15.9 Å². The van der Waals surface area contributed by atoms with E-state index in [2.05, 4.69) is 94.4 Å². The largest absolute Gasteiger partial charge is 0.373 e. The number of carbonyl (C=O) groups excluding carboxylic acids is 2. The second-order valence-electron chi connectivity index (χ2n) is 16.2. The number of hydrogen-bond acceptors (Lipinski definition) is 4. The Kier molecular flexibility index (Phi) is 7.14. The summed E-state index contributed by atoms with van der Waals surface area (Å²) in [7, 11) is 0. The number of halogens is 1. The number of ketones is 1. The summed E-state index contributed by atoms with van der Waals surface area (Å²) in [6.45, 7) is 18.7. The molecule has 4 nitrogen and oxygen atoms in total. The van der Waals surface area contributed by atoms with E-state index < -0.39 is 10.8 Å². The molecule has 2 N–H and O–H groups in total. The maximum absolute atomic E-state index is 14.1. The van der Waals surface area contributed by atoms with Gasteiger partial charge in [-0.05, 0) is 140 Å². The van der Waals surface area contributed by atoms with Crippen LogP contribution in [-0.2, 0) is 14.4 Å². The van der Waals surface area contributed by atoms with Crippen LogP contribution in [0.4, 0.5) is 0 Å². The molecular formula is C37H50BrNO3. The van der Waals surface area contributed by atoms with Crippen LogP contribution in [0.5, 0.6) is 0 Å². The van der Waals surface area contributed by atoms with Crippen LogP contribution in [-0.4, -0.2) is 11.8 Å². The highest BCUT2D eigenvalue weighted by Crippen LogP contribution is 2.77. The molecule has 0 unspecified atom stereocenters. The Bertz CT molecular complexity index is 1350. The molecule has 1 aromatic carbocycles. The van der Waals surface area contributed by atoms with Crippen LogP contribution in [0.3, 0.4) is 0 Å². The number of benzene rings is 1. The summed E-state index contributed by atoms with van der Waals surface area (Å²) in [6, 6.07) is 8.31. The third kappa shape index (κ3) is 3.93. The monoisotopic (exact) mass is 635 g/mol. The van der Waals surface area contributed by atoms with E-state index in [4.69, 9.17) is 10.7 Å². The zero-order valence-corrected chi connectivity index (χ0v) is 28.1. The lowest BCUT2D eigenvalue weighted by Gasteiger charge is -2.72. The van der Waals surface area contributed by atoms with Gasteiger partial charge in [0.05, 0.1) is 5.41 Å². The standard InChI is InChI=1S/C37H50BrNO3/c1-22(2)26-14-17-37(32(41)42-39)19-18-35(6)27(30(26)37)12-13-29-34(5)21-24(20-23-8-10-25(38)11-9-23)31(40)33(3,4)28(34)15-16-36(29,35)7/h8-11,20,26-30H,1,12-19,21,39H2,2-7H3/b24-20-/t26-,27+,28-,29+,30+,34-,35+,36+,37-/m0/s1. The molecule has 9 atom stereocenters. The molecule has 0 bridgehead atoms. The molecule has 0 aliphatic heterocycles. The van der Waals surface area contributed by atoms with Crippen LogP contribution in [0.2, 0.25) is 0 Å². The predicted octanol–water partition coefficient (Wildman–Crippen LogP) is 9.09. The summed E-state index contributed by atoms with van der Waals surface area (Å²) in [4.78, 5) is 32.5. The minimum atomic E-state index is -0.479. The molecule has 0 radical (unpaired) electrons. The lowest BCUT2D eigenvalue weighted by Crippen LogP contribution is -2.67. The minimum Gasteiger partial charge on any atom is -0.373 e. The summed E-state index contributed by atoms with van der Waals surface area (Å²) in [6.07, 6.45) is 11.3. The molecule has 0 spiro atoms. The molecule has 0 saturated heterocycles. The van der Waals surface area contributed by atoms with Crippen molar-refractivity contribution in [2.45, 2.75) is 99.3 Å². The average molecular weight is 637 g/mol. The molecule has 0 amide bonds. The first-order chi connectivity index (χ1) is 19.7. The number of carbonyl (C=O) groups is 2. The van der Waals surface area contributed by atoms with Crippen LogP contribution < -0.4 is 5.90 Å². The van der Waals surface area contributed by atoms with Gasteiger partial charge in [-0.15, -0.1) is 0 Å². The van der Waals surface area contributed by atoms with Crippen molar-refractivity contribution < 1.29 is 14.4 Å². The van der Waals surface area contributed by atoms with Crippen molar-refractivity contribution in [2.75, 3.05) is 0 Å². The van der Waals surface area contributed by atoms with Crippen molar-refractivity contribution in [1.82, 2.24) is 0 Å². The molecule has 0 heterocycles. The number of fused-ring (bicyclic) bond motifs is 7. The molecule has 0 aromatic heterocycles. The SMILES string of the molecule is C=C(C)[C@@H]1CC[C@]2(C(=O)ON)CC[C@]3(C)[C@H](CC[C@@H]4[C@@]5(C)C/C(=C/c6ccc(Br)cc6)C(=O)C(C)(C)[C@@H]5CC[C@]43C)[C@@H]12. The van der Waals surface area contributed by atoms with Crippen LogP contribution in [0.1, 0.15) is 105 Å². The van der Waals surface area contributed by atoms with Gasteiger partial charge in [0.25, 0.3) is 0 Å². The highest BCUT2D eigenvalue weighted by molar-refractivity contribution is 9.10. The fraction of sp³-hybridized carbons (Fsp3) is 0.676. The lowest BCUT2D eigenvalue weighted by molar-refractivity contribution is -0.233. The third-order valence-electron chi connectivity index (χ3n) is 14.4. The van der Waals surface area contributed by atoms with Gasteiger partial charge in [0.1, 0.15) is 0 Å². The number of allylic oxidation sites excluding steroid dienone is 2. The van der Waals surface area contributed by atoms with Crippen molar-refractivity contribution in [3.8, 4) is 0 Å². The smallest absolute Gasteiger partial charge is 0.330 e. The minimum absolute atomic E-state index is 0.0355. The first-order valence-corrected chi connectivity index (χ1v) is 17.0. The van der Waals surface area contributed by atoms with Crippen molar-refractivity contribution in [2.24, 2.45) is 62.6 Å². The van der Waals surface area contributed by atoms with Crippen molar-refractivity contribution in [3.05, 3.63) is 52.0 Å². The Morgan fingerprint density at radius 2 is 1.64 bits per heavy atom. The molecule has 42 heavy (non-hydrogen) atoms. The van der Waals surface area contributed by atoms with E-state index in [1.54, 1.807) is 0 Å². The van der Waals surface area contributed by atoms with E-state index in [1.807, 2.05) is 0 Å². The molecule has 5 fully saturated rings. The fourth-order valence-corrected chi connectivity index (χ4v) is 12.6. The molecule has 5 aliphatic rings. The molecule has 5 saturated carbocycles. The molecular weight excluding hydrogens is 586 g/mol. The normalized spacial score (nSPS) is 44.9. The van der Waals surface area contributed by atoms with Crippen molar-refractivity contribution >= 4 is 33.8 Å². The summed E-state index contributed by atoms with van der Waals surface area (Å²) in [5.41, 5.74) is 2.68. The van der Waals surface area contributed by atoms with Crippen molar-refractivity contribution in [3.63, 3.8) is 0 Å². The third-order valence-corrected chi connectivity index (χ3v) is 14.9. The average Bonchev–Trinajstić information content (AvgIpc) is 3.34. The second kappa shape index (κ2) is 9.89. The number of rotatable bonds is 3. The van der Waals surface area contributed by atoms with Gasteiger partial charge >= 0.3 is 5.97 Å². The molecule has 228 valence electrons. The van der Waals surface area contributed by atoms with Gasteiger partial charge in [-0.2, -0.15) is 5.90 Å². The van der Waals surface area contributed by atoms with Crippen LogP contribution in [0, 0.1) is 56.7 Å². The van der Waals surface area contributed by atoms with Crippen LogP contribution in [0.25, 0.3) is 6.08 Å². The van der Waals surface area contributed by atoms with E-state index >= 15 is 0 Å². The number of nitrogens with two attached hydrogens (primary N) is 1. The Balaban J connectivity index is 1.41.